The van der Waals surface area contributed by atoms with Crippen molar-refractivity contribution in [3.63, 3.8) is 0 Å². The SMILES string of the molecule is Cc1ccc2c(-n3ccnc3)cc(N(C)CCNS(N)(=O)=O)nc2c1Cl. The molecular formula is C16H19ClN6O2S. The number of anilines is 1. The molecule has 0 aliphatic heterocycles. The molecule has 0 unspecified atom stereocenters. The zero-order valence-corrected chi connectivity index (χ0v) is 15.9. The van der Waals surface area contributed by atoms with Gasteiger partial charge < -0.3 is 9.47 Å². The molecule has 0 saturated heterocycles. The highest BCUT2D eigenvalue weighted by atomic mass is 35.5. The van der Waals surface area contributed by atoms with Crippen molar-refractivity contribution in [1.82, 2.24) is 19.3 Å². The molecule has 26 heavy (non-hydrogen) atoms. The number of imidazole rings is 1. The minimum atomic E-state index is -3.72. The standard InChI is InChI=1S/C16H19ClN6O2S/c1-11-3-4-12-13(23-8-5-19-10-23)9-14(21-16(12)15(11)17)22(2)7-6-20-26(18,24)25/h3-5,8-10,20H,6-7H2,1-2H3,(H2,18,24,25). The summed E-state index contributed by atoms with van der Waals surface area (Å²) in [7, 11) is -1.90. The number of aryl methyl sites for hydroxylation is 1. The largest absolute Gasteiger partial charge is 0.358 e. The summed E-state index contributed by atoms with van der Waals surface area (Å²) in [5, 5.41) is 6.45. The highest BCUT2D eigenvalue weighted by molar-refractivity contribution is 7.87. The van der Waals surface area contributed by atoms with Gasteiger partial charge >= 0.3 is 0 Å². The number of nitrogens with two attached hydrogens (primary N) is 1. The molecule has 8 nitrogen and oxygen atoms in total. The van der Waals surface area contributed by atoms with E-state index >= 15 is 0 Å². The molecule has 0 bridgehead atoms. The van der Waals surface area contributed by atoms with Crippen LogP contribution in [0.5, 0.6) is 0 Å². The predicted octanol–water partition coefficient (Wildman–Crippen LogP) is 1.61. The molecule has 3 aromatic rings. The third-order valence-electron chi connectivity index (χ3n) is 4.00. The highest BCUT2D eigenvalue weighted by Gasteiger charge is 2.14. The van der Waals surface area contributed by atoms with E-state index < -0.39 is 10.2 Å². The molecule has 0 aliphatic carbocycles. The van der Waals surface area contributed by atoms with E-state index in [2.05, 4.69) is 14.7 Å². The second-order valence-electron chi connectivity index (χ2n) is 5.92. The Morgan fingerprint density at radius 1 is 1.38 bits per heavy atom. The highest BCUT2D eigenvalue weighted by Crippen LogP contribution is 2.32. The number of nitrogens with one attached hydrogen (secondary N) is 1. The molecule has 0 spiro atoms. The van der Waals surface area contributed by atoms with Gasteiger partial charge in [-0.05, 0) is 12.5 Å². The molecule has 0 radical (unpaired) electrons. The van der Waals surface area contributed by atoms with E-state index in [0.717, 1.165) is 16.6 Å². The van der Waals surface area contributed by atoms with Crippen molar-refractivity contribution in [3.8, 4) is 5.69 Å². The molecule has 0 aliphatic rings. The number of likely N-dealkylation sites (N-methyl/N-ethyl adjacent to an activating group) is 1. The average Bonchev–Trinajstić information content (AvgIpc) is 3.10. The maximum atomic E-state index is 11.0. The van der Waals surface area contributed by atoms with Crippen LogP contribution in [0.15, 0.2) is 36.9 Å². The van der Waals surface area contributed by atoms with E-state index in [0.29, 0.717) is 22.9 Å². The number of benzene rings is 1. The zero-order valence-electron chi connectivity index (χ0n) is 14.3. The molecule has 10 heteroatoms. The van der Waals surface area contributed by atoms with Gasteiger partial charge in [0.1, 0.15) is 5.82 Å². The Kier molecular flexibility index (Phi) is 5.15. The van der Waals surface area contributed by atoms with Crippen LogP contribution in [0.3, 0.4) is 0 Å². The van der Waals surface area contributed by atoms with Crippen LogP contribution >= 0.6 is 11.6 Å². The maximum absolute atomic E-state index is 11.0. The first-order valence-corrected chi connectivity index (χ1v) is 9.75. The second-order valence-corrected chi connectivity index (χ2v) is 7.68. The molecule has 1 aromatic carbocycles. The van der Waals surface area contributed by atoms with Crippen LogP contribution in [0.2, 0.25) is 5.02 Å². The number of pyridine rings is 1. The summed E-state index contributed by atoms with van der Waals surface area (Å²) < 4.78 is 26.2. The van der Waals surface area contributed by atoms with Crippen LogP contribution < -0.4 is 14.8 Å². The number of fused-ring (bicyclic) bond motifs is 1. The predicted molar refractivity (Wildman–Crippen MR) is 103 cm³/mol. The van der Waals surface area contributed by atoms with E-state index in [1.807, 2.05) is 47.8 Å². The lowest BCUT2D eigenvalue weighted by Gasteiger charge is -2.21. The van der Waals surface area contributed by atoms with Gasteiger partial charge in [0.15, 0.2) is 0 Å². The van der Waals surface area contributed by atoms with Crippen LogP contribution in [0, 0.1) is 6.92 Å². The lowest BCUT2D eigenvalue weighted by Crippen LogP contribution is -2.37. The number of nitrogens with zero attached hydrogens (tertiary/aromatic N) is 4. The average molecular weight is 395 g/mol. The summed E-state index contributed by atoms with van der Waals surface area (Å²) >= 11 is 6.49. The summed E-state index contributed by atoms with van der Waals surface area (Å²) in [4.78, 5) is 10.6. The Morgan fingerprint density at radius 3 is 2.81 bits per heavy atom. The summed E-state index contributed by atoms with van der Waals surface area (Å²) in [5.74, 6) is 0.657. The Hall–Kier alpha value is -2.20. The fraction of sp³-hybridized carbons (Fsp3) is 0.250. The van der Waals surface area contributed by atoms with Gasteiger partial charge in [-0.15, -0.1) is 0 Å². The van der Waals surface area contributed by atoms with E-state index in [9.17, 15) is 8.42 Å². The molecule has 3 rings (SSSR count). The molecule has 2 aromatic heterocycles. The Bertz CT molecular complexity index is 1040. The second kappa shape index (κ2) is 7.20. The smallest absolute Gasteiger partial charge is 0.274 e. The van der Waals surface area contributed by atoms with Crippen LogP contribution in [-0.2, 0) is 10.2 Å². The number of hydrogen-bond acceptors (Lipinski definition) is 5. The third-order valence-corrected chi connectivity index (χ3v) is 5.09. The van der Waals surface area contributed by atoms with Gasteiger partial charge in [0.05, 0.1) is 22.6 Å². The van der Waals surface area contributed by atoms with Gasteiger partial charge in [-0.2, -0.15) is 8.42 Å². The molecule has 138 valence electrons. The van der Waals surface area contributed by atoms with Gasteiger partial charge in [0.2, 0.25) is 0 Å². The monoisotopic (exact) mass is 394 g/mol. The molecule has 0 fully saturated rings. The van der Waals surface area contributed by atoms with Crippen LogP contribution in [0.25, 0.3) is 16.6 Å². The lowest BCUT2D eigenvalue weighted by molar-refractivity contribution is 0.583. The van der Waals surface area contributed by atoms with Gasteiger partial charge in [-0.25, -0.2) is 19.8 Å². The van der Waals surface area contributed by atoms with E-state index in [1.165, 1.54) is 0 Å². The topological polar surface area (TPSA) is 106 Å². The summed E-state index contributed by atoms with van der Waals surface area (Å²) in [5.41, 5.74) is 2.49. The van der Waals surface area contributed by atoms with Crippen LogP contribution in [-0.4, -0.2) is 43.1 Å². The molecule has 3 N–H and O–H groups in total. The fourth-order valence-corrected chi connectivity index (χ4v) is 3.19. The van der Waals surface area contributed by atoms with Gasteiger partial charge in [0.25, 0.3) is 10.2 Å². The first kappa shape index (κ1) is 18.6. The molecular weight excluding hydrogens is 376 g/mol. The Balaban J connectivity index is 2.04. The Morgan fingerprint density at radius 2 is 2.15 bits per heavy atom. The normalized spacial score (nSPS) is 11.8. The lowest BCUT2D eigenvalue weighted by atomic mass is 10.1. The van der Waals surface area contributed by atoms with E-state index in [4.69, 9.17) is 16.7 Å². The van der Waals surface area contributed by atoms with Crippen molar-refractivity contribution in [2.45, 2.75) is 6.92 Å². The summed E-state index contributed by atoms with van der Waals surface area (Å²) in [6.45, 7) is 2.48. The van der Waals surface area contributed by atoms with Crippen molar-refractivity contribution in [3.05, 3.63) is 47.5 Å². The van der Waals surface area contributed by atoms with Crippen molar-refractivity contribution < 1.29 is 8.42 Å². The van der Waals surface area contributed by atoms with Gasteiger partial charge in [-0.3, -0.25) is 0 Å². The minimum Gasteiger partial charge on any atom is -0.358 e. The molecule has 0 saturated carbocycles. The summed E-state index contributed by atoms with van der Waals surface area (Å²) in [6.07, 6.45) is 5.24. The van der Waals surface area contributed by atoms with Gasteiger partial charge in [-0.1, -0.05) is 23.7 Å². The van der Waals surface area contributed by atoms with E-state index in [-0.39, 0.29) is 6.54 Å². The number of aromatic nitrogens is 3. The van der Waals surface area contributed by atoms with E-state index in [1.54, 1.807) is 12.5 Å². The van der Waals surface area contributed by atoms with Crippen molar-refractivity contribution in [2.75, 3.05) is 25.0 Å². The zero-order chi connectivity index (χ0) is 18.9. The third kappa shape index (κ3) is 3.96. The number of halogens is 1. The quantitative estimate of drug-likeness (QED) is 0.660. The first-order valence-electron chi connectivity index (χ1n) is 7.83. The van der Waals surface area contributed by atoms with Crippen LogP contribution in [0.1, 0.15) is 5.56 Å². The molecule has 0 amide bonds. The first-order chi connectivity index (χ1) is 12.3. The minimum absolute atomic E-state index is 0.164. The van der Waals surface area contributed by atoms with Crippen molar-refractivity contribution >= 4 is 38.5 Å². The number of rotatable bonds is 6. The number of hydrogen-bond donors (Lipinski definition) is 2. The fourth-order valence-electron chi connectivity index (χ4n) is 2.61. The summed E-state index contributed by atoms with van der Waals surface area (Å²) in [6, 6.07) is 5.84. The van der Waals surface area contributed by atoms with Crippen LogP contribution in [0.4, 0.5) is 5.82 Å². The van der Waals surface area contributed by atoms with Crippen molar-refractivity contribution in [1.29, 1.82) is 0 Å². The van der Waals surface area contributed by atoms with Gasteiger partial charge in [0, 0.05) is 44.0 Å². The maximum Gasteiger partial charge on any atom is 0.274 e. The molecule has 2 heterocycles. The Labute approximate surface area is 156 Å². The van der Waals surface area contributed by atoms with Crippen molar-refractivity contribution in [2.24, 2.45) is 5.14 Å². The molecule has 0 atom stereocenters.